The zero-order valence-corrected chi connectivity index (χ0v) is 9.16. The van der Waals surface area contributed by atoms with Gasteiger partial charge in [0.15, 0.2) is 0 Å². The lowest BCUT2D eigenvalue weighted by Crippen LogP contribution is -2.22. The molecule has 0 heterocycles. The molecule has 0 aromatic rings. The van der Waals surface area contributed by atoms with Crippen molar-refractivity contribution in [3.8, 4) is 0 Å². The van der Waals surface area contributed by atoms with Gasteiger partial charge >= 0.3 is 0 Å². The lowest BCUT2D eigenvalue weighted by Gasteiger charge is -2.29. The Bertz CT molecular complexity index is 86.7. The highest BCUT2D eigenvalue weighted by Crippen LogP contribution is 2.31. The first kappa shape index (κ1) is 10.5. The quantitative estimate of drug-likeness (QED) is 0.614. The van der Waals surface area contributed by atoms with Crippen molar-refractivity contribution in [2.24, 2.45) is 11.3 Å². The van der Waals surface area contributed by atoms with Crippen molar-refractivity contribution in [1.82, 2.24) is 0 Å². The summed E-state index contributed by atoms with van der Waals surface area (Å²) in [4.78, 5) is 0. The SMILES string of the molecule is CCCC(C)C(C)(C)CBr. The highest BCUT2D eigenvalue weighted by Gasteiger charge is 2.23. The van der Waals surface area contributed by atoms with E-state index in [1.165, 1.54) is 12.8 Å². The Morgan fingerprint density at radius 3 is 2.20 bits per heavy atom. The van der Waals surface area contributed by atoms with E-state index < -0.39 is 0 Å². The summed E-state index contributed by atoms with van der Waals surface area (Å²) in [5.74, 6) is 0.830. The molecular formula is C9H19Br. The molecule has 0 N–H and O–H groups in total. The predicted octanol–water partition coefficient (Wildman–Crippen LogP) is 3.84. The second-order valence-corrected chi connectivity index (χ2v) is 4.37. The van der Waals surface area contributed by atoms with Gasteiger partial charge in [0.25, 0.3) is 0 Å². The van der Waals surface area contributed by atoms with Crippen LogP contribution < -0.4 is 0 Å². The molecule has 10 heavy (non-hydrogen) atoms. The molecule has 0 bridgehead atoms. The van der Waals surface area contributed by atoms with E-state index in [9.17, 15) is 0 Å². The normalized spacial score (nSPS) is 15.3. The number of halogens is 1. The molecule has 0 saturated carbocycles. The fourth-order valence-corrected chi connectivity index (χ4v) is 1.51. The van der Waals surface area contributed by atoms with Crippen LogP contribution in [0.15, 0.2) is 0 Å². The molecule has 0 radical (unpaired) electrons. The molecule has 0 aliphatic carbocycles. The van der Waals surface area contributed by atoms with Crippen molar-refractivity contribution in [2.75, 3.05) is 5.33 Å². The van der Waals surface area contributed by atoms with Crippen LogP contribution in [0.2, 0.25) is 0 Å². The number of hydrogen-bond donors (Lipinski definition) is 0. The molecule has 1 atom stereocenters. The van der Waals surface area contributed by atoms with Gasteiger partial charge in [0.2, 0.25) is 0 Å². The van der Waals surface area contributed by atoms with Crippen LogP contribution in [0.4, 0.5) is 0 Å². The molecule has 0 nitrogen and oxygen atoms in total. The fourth-order valence-electron chi connectivity index (χ4n) is 0.955. The molecule has 0 rings (SSSR count). The number of alkyl halides is 1. The molecule has 0 amide bonds. The van der Waals surface area contributed by atoms with Crippen molar-refractivity contribution in [3.05, 3.63) is 0 Å². The molecule has 0 aliphatic rings. The van der Waals surface area contributed by atoms with Gasteiger partial charge in [-0.3, -0.25) is 0 Å². The molecule has 0 spiro atoms. The van der Waals surface area contributed by atoms with Crippen LogP contribution in [0.5, 0.6) is 0 Å². The van der Waals surface area contributed by atoms with Crippen molar-refractivity contribution >= 4 is 15.9 Å². The average Bonchev–Trinajstić information content (AvgIpc) is 1.89. The summed E-state index contributed by atoms with van der Waals surface area (Å²) in [7, 11) is 0. The van der Waals surface area contributed by atoms with Crippen LogP contribution in [0.1, 0.15) is 40.5 Å². The van der Waals surface area contributed by atoms with E-state index >= 15 is 0 Å². The zero-order valence-electron chi connectivity index (χ0n) is 7.58. The second kappa shape index (κ2) is 4.38. The third-order valence-electron chi connectivity index (χ3n) is 2.40. The molecule has 0 aromatic heterocycles. The Labute approximate surface area is 73.5 Å². The minimum Gasteiger partial charge on any atom is -0.0922 e. The summed E-state index contributed by atoms with van der Waals surface area (Å²) in [5.41, 5.74) is 0.468. The van der Waals surface area contributed by atoms with E-state index in [-0.39, 0.29) is 0 Å². The molecule has 62 valence electrons. The first-order chi connectivity index (χ1) is 4.54. The van der Waals surface area contributed by atoms with Crippen LogP contribution in [-0.4, -0.2) is 5.33 Å². The van der Waals surface area contributed by atoms with Crippen LogP contribution in [0.25, 0.3) is 0 Å². The topological polar surface area (TPSA) is 0 Å². The smallest absolute Gasteiger partial charge is 0.00852 e. The van der Waals surface area contributed by atoms with Gasteiger partial charge in [-0.25, -0.2) is 0 Å². The van der Waals surface area contributed by atoms with Crippen LogP contribution in [-0.2, 0) is 0 Å². The standard InChI is InChI=1S/C9H19Br/c1-5-6-8(2)9(3,4)7-10/h8H,5-7H2,1-4H3. The van der Waals surface area contributed by atoms with Gasteiger partial charge in [-0.15, -0.1) is 0 Å². The lowest BCUT2D eigenvalue weighted by atomic mass is 9.79. The Balaban J connectivity index is 3.78. The fraction of sp³-hybridized carbons (Fsp3) is 1.00. The molecule has 0 aromatic carbocycles. The third-order valence-corrected chi connectivity index (χ3v) is 3.85. The van der Waals surface area contributed by atoms with E-state index in [2.05, 4.69) is 43.6 Å². The summed E-state index contributed by atoms with van der Waals surface area (Å²) in [6, 6.07) is 0. The Morgan fingerprint density at radius 1 is 1.40 bits per heavy atom. The molecule has 0 saturated heterocycles. The van der Waals surface area contributed by atoms with E-state index in [0.29, 0.717) is 5.41 Å². The van der Waals surface area contributed by atoms with Gasteiger partial charge in [-0.05, 0) is 11.3 Å². The molecular weight excluding hydrogens is 188 g/mol. The monoisotopic (exact) mass is 206 g/mol. The molecule has 1 heteroatoms. The van der Waals surface area contributed by atoms with Gasteiger partial charge in [-0.1, -0.05) is 56.5 Å². The van der Waals surface area contributed by atoms with Gasteiger partial charge in [0.1, 0.15) is 0 Å². The van der Waals surface area contributed by atoms with E-state index in [1.54, 1.807) is 0 Å². The Morgan fingerprint density at radius 2 is 1.90 bits per heavy atom. The van der Waals surface area contributed by atoms with Crippen molar-refractivity contribution in [1.29, 1.82) is 0 Å². The number of rotatable bonds is 4. The third kappa shape index (κ3) is 3.05. The first-order valence-electron chi connectivity index (χ1n) is 4.10. The largest absolute Gasteiger partial charge is 0.0922 e. The minimum atomic E-state index is 0.468. The maximum Gasteiger partial charge on any atom is 0.00852 e. The van der Waals surface area contributed by atoms with Crippen LogP contribution in [0, 0.1) is 11.3 Å². The highest BCUT2D eigenvalue weighted by molar-refractivity contribution is 9.09. The second-order valence-electron chi connectivity index (χ2n) is 3.81. The highest BCUT2D eigenvalue weighted by atomic mass is 79.9. The van der Waals surface area contributed by atoms with E-state index in [1.807, 2.05) is 0 Å². The van der Waals surface area contributed by atoms with E-state index in [4.69, 9.17) is 0 Å². The summed E-state index contributed by atoms with van der Waals surface area (Å²) in [5, 5.41) is 1.11. The first-order valence-corrected chi connectivity index (χ1v) is 5.22. The maximum absolute atomic E-state index is 3.54. The summed E-state index contributed by atoms with van der Waals surface area (Å²) in [6.07, 6.45) is 2.65. The van der Waals surface area contributed by atoms with E-state index in [0.717, 1.165) is 11.2 Å². The predicted molar refractivity (Wildman–Crippen MR) is 51.6 cm³/mol. The maximum atomic E-state index is 3.54. The molecule has 1 unspecified atom stereocenters. The summed E-state index contributed by atoms with van der Waals surface area (Å²) < 4.78 is 0. The number of hydrogen-bond acceptors (Lipinski definition) is 0. The van der Waals surface area contributed by atoms with Gasteiger partial charge in [0.05, 0.1) is 0 Å². The average molecular weight is 207 g/mol. The summed E-state index contributed by atoms with van der Waals surface area (Å²) >= 11 is 3.54. The Hall–Kier alpha value is 0.480. The van der Waals surface area contributed by atoms with Crippen molar-refractivity contribution in [2.45, 2.75) is 40.5 Å². The Kier molecular flexibility index (Phi) is 4.59. The van der Waals surface area contributed by atoms with Crippen molar-refractivity contribution < 1.29 is 0 Å². The van der Waals surface area contributed by atoms with Gasteiger partial charge in [-0.2, -0.15) is 0 Å². The van der Waals surface area contributed by atoms with Gasteiger partial charge < -0.3 is 0 Å². The lowest BCUT2D eigenvalue weighted by molar-refractivity contribution is 0.254. The molecule has 0 aliphatic heterocycles. The zero-order chi connectivity index (χ0) is 8.20. The molecule has 0 fully saturated rings. The van der Waals surface area contributed by atoms with Crippen molar-refractivity contribution in [3.63, 3.8) is 0 Å². The van der Waals surface area contributed by atoms with Gasteiger partial charge in [0, 0.05) is 5.33 Å². The van der Waals surface area contributed by atoms with Crippen LogP contribution >= 0.6 is 15.9 Å². The van der Waals surface area contributed by atoms with Crippen LogP contribution in [0.3, 0.4) is 0 Å². The minimum absolute atomic E-state index is 0.468. The summed E-state index contributed by atoms with van der Waals surface area (Å²) in [6.45, 7) is 9.23.